The number of nitrogens with one attached hydrogen (secondary N) is 1. The number of ether oxygens (including phenoxy) is 1. The molecule has 3 nitrogen and oxygen atoms in total. The summed E-state index contributed by atoms with van der Waals surface area (Å²) in [6.07, 6.45) is -3.91. The lowest BCUT2D eigenvalue weighted by molar-refractivity contribution is -0.138. The van der Waals surface area contributed by atoms with Crippen molar-refractivity contribution >= 4 is 0 Å². The maximum Gasteiger partial charge on any atom is 0.416 e. The average Bonchev–Trinajstić information content (AvgIpc) is 2.35. The van der Waals surface area contributed by atoms with Crippen molar-refractivity contribution in [2.75, 3.05) is 13.7 Å². The van der Waals surface area contributed by atoms with Crippen LogP contribution >= 0.6 is 0 Å². The van der Waals surface area contributed by atoms with Crippen molar-refractivity contribution in [3.05, 3.63) is 35.4 Å². The van der Waals surface area contributed by atoms with E-state index in [0.717, 1.165) is 6.07 Å². The SMILES string of the molecule is COCC(C)CC(NN)c1ccccc1C(F)(F)F. The zero-order chi connectivity index (χ0) is 14.5. The molecule has 0 amide bonds. The van der Waals surface area contributed by atoms with Gasteiger partial charge in [0, 0.05) is 19.8 Å². The number of hydrazine groups is 1. The molecule has 0 saturated carbocycles. The van der Waals surface area contributed by atoms with Gasteiger partial charge < -0.3 is 4.74 Å². The topological polar surface area (TPSA) is 47.3 Å². The first-order valence-corrected chi connectivity index (χ1v) is 6.01. The highest BCUT2D eigenvalue weighted by atomic mass is 19.4. The molecule has 0 aliphatic carbocycles. The monoisotopic (exact) mass is 276 g/mol. The standard InChI is InChI=1S/C13H19F3N2O/c1-9(8-19-2)7-12(18-17)10-5-3-4-6-11(10)13(14,15)16/h3-6,9,12,18H,7-8,17H2,1-2H3. The molecule has 2 unspecified atom stereocenters. The highest BCUT2D eigenvalue weighted by Gasteiger charge is 2.34. The van der Waals surface area contributed by atoms with Crippen LogP contribution in [0.25, 0.3) is 0 Å². The molecule has 0 aliphatic rings. The van der Waals surface area contributed by atoms with Gasteiger partial charge in [-0.05, 0) is 24.0 Å². The molecule has 1 rings (SSSR count). The van der Waals surface area contributed by atoms with Crippen LogP contribution < -0.4 is 11.3 Å². The maximum absolute atomic E-state index is 12.9. The van der Waals surface area contributed by atoms with Crippen LogP contribution in [0, 0.1) is 5.92 Å². The molecule has 0 heterocycles. The van der Waals surface area contributed by atoms with Crippen LogP contribution in [0.3, 0.4) is 0 Å². The number of halogens is 3. The van der Waals surface area contributed by atoms with Gasteiger partial charge in [0.2, 0.25) is 0 Å². The number of benzene rings is 1. The Morgan fingerprint density at radius 2 is 1.95 bits per heavy atom. The van der Waals surface area contributed by atoms with Crippen LogP contribution in [0.2, 0.25) is 0 Å². The largest absolute Gasteiger partial charge is 0.416 e. The van der Waals surface area contributed by atoms with Crippen LogP contribution in [0.4, 0.5) is 13.2 Å². The highest BCUT2D eigenvalue weighted by Crippen LogP contribution is 2.35. The van der Waals surface area contributed by atoms with E-state index in [1.54, 1.807) is 13.2 Å². The summed E-state index contributed by atoms with van der Waals surface area (Å²) in [6, 6.07) is 4.92. The predicted molar refractivity (Wildman–Crippen MR) is 67.2 cm³/mol. The number of nitrogens with two attached hydrogens (primary N) is 1. The van der Waals surface area contributed by atoms with Crippen molar-refractivity contribution < 1.29 is 17.9 Å². The zero-order valence-electron chi connectivity index (χ0n) is 11.0. The Labute approximate surface area is 110 Å². The number of methoxy groups -OCH3 is 1. The quantitative estimate of drug-likeness (QED) is 0.620. The minimum absolute atomic E-state index is 0.104. The van der Waals surface area contributed by atoms with Crippen LogP contribution in [0.15, 0.2) is 24.3 Å². The molecule has 0 saturated heterocycles. The Bertz CT molecular complexity index is 396. The van der Waals surface area contributed by atoms with Gasteiger partial charge in [0.05, 0.1) is 5.56 Å². The molecule has 1 aromatic carbocycles. The molecule has 0 aliphatic heterocycles. The van der Waals surface area contributed by atoms with Crippen molar-refractivity contribution in [1.82, 2.24) is 5.43 Å². The summed E-state index contributed by atoms with van der Waals surface area (Å²) in [5.41, 5.74) is 1.98. The van der Waals surface area contributed by atoms with Gasteiger partial charge in [0.1, 0.15) is 0 Å². The van der Waals surface area contributed by atoms with Gasteiger partial charge in [-0.3, -0.25) is 11.3 Å². The van der Waals surface area contributed by atoms with Crippen LogP contribution in [0.5, 0.6) is 0 Å². The number of alkyl halides is 3. The van der Waals surface area contributed by atoms with E-state index >= 15 is 0 Å². The van der Waals surface area contributed by atoms with Crippen LogP contribution in [0.1, 0.15) is 30.5 Å². The third kappa shape index (κ3) is 4.49. The van der Waals surface area contributed by atoms with E-state index in [1.807, 2.05) is 6.92 Å². The lowest BCUT2D eigenvalue weighted by Crippen LogP contribution is -2.31. The van der Waals surface area contributed by atoms with Crippen molar-refractivity contribution in [2.45, 2.75) is 25.6 Å². The molecule has 108 valence electrons. The second-order valence-corrected chi connectivity index (χ2v) is 4.60. The van der Waals surface area contributed by atoms with Crippen molar-refractivity contribution in [2.24, 2.45) is 11.8 Å². The Kier molecular flexibility index (Phi) is 5.78. The summed E-state index contributed by atoms with van der Waals surface area (Å²) in [5, 5.41) is 0. The fourth-order valence-electron chi connectivity index (χ4n) is 2.10. The van der Waals surface area contributed by atoms with E-state index in [-0.39, 0.29) is 11.5 Å². The van der Waals surface area contributed by atoms with Gasteiger partial charge in [-0.2, -0.15) is 13.2 Å². The lowest BCUT2D eigenvalue weighted by Gasteiger charge is -2.23. The average molecular weight is 276 g/mol. The molecule has 6 heteroatoms. The molecule has 0 fully saturated rings. The summed E-state index contributed by atoms with van der Waals surface area (Å²) in [7, 11) is 1.56. The van der Waals surface area contributed by atoms with E-state index in [1.165, 1.54) is 12.1 Å². The first-order valence-electron chi connectivity index (χ1n) is 6.01. The number of hydrogen-bond acceptors (Lipinski definition) is 3. The molecule has 3 N–H and O–H groups in total. The molecule has 0 spiro atoms. The van der Waals surface area contributed by atoms with Crippen molar-refractivity contribution in [3.8, 4) is 0 Å². The molecule has 0 radical (unpaired) electrons. The lowest BCUT2D eigenvalue weighted by atomic mass is 9.93. The first kappa shape index (κ1) is 15.9. The van der Waals surface area contributed by atoms with E-state index in [0.29, 0.717) is 13.0 Å². The van der Waals surface area contributed by atoms with E-state index in [2.05, 4.69) is 5.43 Å². The summed E-state index contributed by atoms with van der Waals surface area (Å²) >= 11 is 0. The Balaban J connectivity index is 2.98. The number of rotatable bonds is 6. The Morgan fingerprint density at radius 3 is 2.47 bits per heavy atom. The summed E-state index contributed by atoms with van der Waals surface area (Å²) in [5.74, 6) is 5.51. The Hall–Kier alpha value is -1.11. The van der Waals surface area contributed by atoms with Crippen LogP contribution in [-0.4, -0.2) is 13.7 Å². The minimum Gasteiger partial charge on any atom is -0.384 e. The predicted octanol–water partition coefficient (Wildman–Crippen LogP) is 2.88. The molecular formula is C13H19F3N2O. The van der Waals surface area contributed by atoms with Crippen molar-refractivity contribution in [3.63, 3.8) is 0 Å². The third-order valence-corrected chi connectivity index (χ3v) is 2.93. The molecular weight excluding hydrogens is 257 g/mol. The third-order valence-electron chi connectivity index (χ3n) is 2.93. The van der Waals surface area contributed by atoms with E-state index < -0.39 is 17.8 Å². The van der Waals surface area contributed by atoms with Crippen LogP contribution in [-0.2, 0) is 10.9 Å². The molecule has 0 bridgehead atoms. The van der Waals surface area contributed by atoms with Gasteiger partial charge >= 0.3 is 6.18 Å². The summed E-state index contributed by atoms with van der Waals surface area (Å²) < 4.78 is 43.8. The fraction of sp³-hybridized carbons (Fsp3) is 0.538. The van der Waals surface area contributed by atoms with Crippen molar-refractivity contribution in [1.29, 1.82) is 0 Å². The van der Waals surface area contributed by atoms with Gasteiger partial charge in [-0.15, -0.1) is 0 Å². The summed E-state index contributed by atoms with van der Waals surface area (Å²) in [6.45, 7) is 2.39. The van der Waals surface area contributed by atoms with Gasteiger partial charge in [-0.25, -0.2) is 0 Å². The number of hydrogen-bond donors (Lipinski definition) is 2. The summed E-state index contributed by atoms with van der Waals surface area (Å²) in [4.78, 5) is 0. The fourth-order valence-corrected chi connectivity index (χ4v) is 2.10. The highest BCUT2D eigenvalue weighted by molar-refractivity contribution is 5.32. The smallest absolute Gasteiger partial charge is 0.384 e. The molecule has 19 heavy (non-hydrogen) atoms. The second-order valence-electron chi connectivity index (χ2n) is 4.60. The Morgan fingerprint density at radius 1 is 1.32 bits per heavy atom. The maximum atomic E-state index is 12.9. The van der Waals surface area contributed by atoms with E-state index in [9.17, 15) is 13.2 Å². The first-order chi connectivity index (χ1) is 8.90. The second kappa shape index (κ2) is 6.88. The normalized spacial score (nSPS) is 15.3. The zero-order valence-corrected chi connectivity index (χ0v) is 11.0. The van der Waals surface area contributed by atoms with E-state index in [4.69, 9.17) is 10.6 Å². The molecule has 1 aromatic rings. The molecule has 2 atom stereocenters. The van der Waals surface area contributed by atoms with Gasteiger partial charge in [0.25, 0.3) is 0 Å². The van der Waals surface area contributed by atoms with Gasteiger partial charge in [0.15, 0.2) is 0 Å². The molecule has 0 aromatic heterocycles. The van der Waals surface area contributed by atoms with Gasteiger partial charge in [-0.1, -0.05) is 25.1 Å². The minimum atomic E-state index is -4.38.